The number of phenols is 2. The summed E-state index contributed by atoms with van der Waals surface area (Å²) in [6.45, 7) is 2.73. The maximum absolute atomic E-state index is 9.81. The van der Waals surface area contributed by atoms with E-state index in [1.165, 1.54) is 0 Å². The highest BCUT2D eigenvalue weighted by Crippen LogP contribution is 2.27. The number of morpholine rings is 1. The van der Waals surface area contributed by atoms with Gasteiger partial charge >= 0.3 is 0 Å². The number of benzene rings is 2. The predicted octanol–water partition coefficient (Wildman–Crippen LogP) is 3.14. The molecule has 3 N–H and O–H groups in total. The van der Waals surface area contributed by atoms with E-state index in [0.29, 0.717) is 30.7 Å². The first-order valence-electron chi connectivity index (χ1n) is 8.75. The zero-order chi connectivity index (χ0) is 18.6. The first-order valence-corrected chi connectivity index (χ1v) is 8.75. The Hall–Kier alpha value is -3.32. The van der Waals surface area contributed by atoms with Gasteiger partial charge in [0.05, 0.1) is 18.9 Å². The molecule has 0 atom stereocenters. The Morgan fingerprint density at radius 3 is 2.41 bits per heavy atom. The van der Waals surface area contributed by atoms with Crippen LogP contribution in [0.15, 0.2) is 54.6 Å². The van der Waals surface area contributed by atoms with E-state index in [1.807, 2.05) is 12.1 Å². The van der Waals surface area contributed by atoms with Gasteiger partial charge in [0.2, 0.25) is 5.95 Å². The van der Waals surface area contributed by atoms with Gasteiger partial charge in [0.1, 0.15) is 17.3 Å². The van der Waals surface area contributed by atoms with Crippen LogP contribution < -0.4 is 10.2 Å². The number of nitrogens with one attached hydrogen (secondary N) is 1. The van der Waals surface area contributed by atoms with E-state index in [9.17, 15) is 10.2 Å². The number of aromatic nitrogens is 2. The van der Waals surface area contributed by atoms with Gasteiger partial charge in [-0.15, -0.1) is 0 Å². The van der Waals surface area contributed by atoms with E-state index in [-0.39, 0.29) is 11.5 Å². The third kappa shape index (κ3) is 4.09. The van der Waals surface area contributed by atoms with Crippen LogP contribution in [0.1, 0.15) is 0 Å². The van der Waals surface area contributed by atoms with Gasteiger partial charge in [-0.3, -0.25) is 0 Å². The molecule has 0 radical (unpaired) electrons. The molecule has 0 aliphatic carbocycles. The van der Waals surface area contributed by atoms with Crippen molar-refractivity contribution < 1.29 is 14.9 Å². The summed E-state index contributed by atoms with van der Waals surface area (Å²) in [6.07, 6.45) is 0. The van der Waals surface area contributed by atoms with Crippen LogP contribution in [-0.2, 0) is 4.74 Å². The van der Waals surface area contributed by atoms with Crippen LogP contribution in [0.3, 0.4) is 0 Å². The lowest BCUT2D eigenvalue weighted by atomic mass is 10.1. The Morgan fingerprint density at radius 1 is 0.889 bits per heavy atom. The highest BCUT2D eigenvalue weighted by molar-refractivity contribution is 5.68. The van der Waals surface area contributed by atoms with Crippen LogP contribution in [0.25, 0.3) is 11.3 Å². The van der Waals surface area contributed by atoms with Gasteiger partial charge in [-0.05, 0) is 36.4 Å². The van der Waals surface area contributed by atoms with Crippen LogP contribution >= 0.6 is 0 Å². The normalized spacial score (nSPS) is 14.1. The molecule has 0 unspecified atom stereocenters. The van der Waals surface area contributed by atoms with Gasteiger partial charge in [0.25, 0.3) is 0 Å². The molecule has 2 heterocycles. The Morgan fingerprint density at radius 2 is 1.67 bits per heavy atom. The summed E-state index contributed by atoms with van der Waals surface area (Å²) in [5.41, 5.74) is 2.32. The second kappa shape index (κ2) is 7.51. The number of ether oxygens (including phenoxy) is 1. The predicted molar refractivity (Wildman–Crippen MR) is 104 cm³/mol. The van der Waals surface area contributed by atoms with Crippen molar-refractivity contribution in [2.24, 2.45) is 0 Å². The van der Waals surface area contributed by atoms with Crippen molar-refractivity contribution in [1.82, 2.24) is 9.97 Å². The number of nitrogens with zero attached hydrogens (tertiary/aromatic N) is 3. The lowest BCUT2D eigenvalue weighted by Crippen LogP contribution is -2.37. The van der Waals surface area contributed by atoms with Gasteiger partial charge in [-0.1, -0.05) is 12.1 Å². The third-order valence-corrected chi connectivity index (χ3v) is 4.29. The maximum atomic E-state index is 9.81. The summed E-state index contributed by atoms with van der Waals surface area (Å²) in [5.74, 6) is 1.64. The van der Waals surface area contributed by atoms with Crippen molar-refractivity contribution in [1.29, 1.82) is 0 Å². The molecule has 2 aromatic carbocycles. The topological polar surface area (TPSA) is 90.7 Å². The average molecular weight is 364 g/mol. The van der Waals surface area contributed by atoms with Gasteiger partial charge in [-0.25, -0.2) is 4.98 Å². The molecule has 0 amide bonds. The summed E-state index contributed by atoms with van der Waals surface area (Å²) in [4.78, 5) is 11.4. The molecule has 0 spiro atoms. The van der Waals surface area contributed by atoms with Gasteiger partial charge in [0.15, 0.2) is 0 Å². The van der Waals surface area contributed by atoms with E-state index in [1.54, 1.807) is 42.5 Å². The molecule has 1 aliphatic rings. The maximum Gasteiger partial charge on any atom is 0.228 e. The third-order valence-electron chi connectivity index (χ3n) is 4.29. The largest absolute Gasteiger partial charge is 0.508 e. The van der Waals surface area contributed by atoms with E-state index in [2.05, 4.69) is 15.2 Å². The minimum Gasteiger partial charge on any atom is -0.508 e. The highest BCUT2D eigenvalue weighted by atomic mass is 16.5. The highest BCUT2D eigenvalue weighted by Gasteiger charge is 2.16. The molecule has 0 bridgehead atoms. The molecule has 7 nitrogen and oxygen atoms in total. The molecular formula is C20H20N4O3. The minimum absolute atomic E-state index is 0.187. The summed E-state index contributed by atoms with van der Waals surface area (Å²) in [5, 5.41) is 22.5. The average Bonchev–Trinajstić information content (AvgIpc) is 2.70. The molecule has 27 heavy (non-hydrogen) atoms. The molecule has 1 aliphatic heterocycles. The van der Waals surface area contributed by atoms with Crippen molar-refractivity contribution in [2.75, 3.05) is 36.5 Å². The molecule has 138 valence electrons. The van der Waals surface area contributed by atoms with Crippen LogP contribution in [0.5, 0.6) is 11.5 Å². The molecule has 0 saturated carbocycles. The zero-order valence-corrected chi connectivity index (χ0v) is 14.7. The van der Waals surface area contributed by atoms with Crippen molar-refractivity contribution >= 4 is 17.5 Å². The van der Waals surface area contributed by atoms with E-state index in [4.69, 9.17) is 9.72 Å². The van der Waals surface area contributed by atoms with Crippen LogP contribution in [0, 0.1) is 0 Å². The zero-order valence-electron chi connectivity index (χ0n) is 14.7. The number of hydrogen-bond acceptors (Lipinski definition) is 7. The molecule has 3 aromatic rings. The minimum atomic E-state index is 0.187. The fraction of sp³-hybridized carbons (Fsp3) is 0.200. The molecule has 7 heteroatoms. The van der Waals surface area contributed by atoms with E-state index >= 15 is 0 Å². The lowest BCUT2D eigenvalue weighted by molar-refractivity contribution is 0.122. The van der Waals surface area contributed by atoms with E-state index < -0.39 is 0 Å². The Balaban J connectivity index is 1.72. The second-order valence-electron chi connectivity index (χ2n) is 6.26. The lowest BCUT2D eigenvalue weighted by Gasteiger charge is -2.27. The number of anilines is 3. The molecule has 1 aromatic heterocycles. The van der Waals surface area contributed by atoms with Crippen molar-refractivity contribution in [3.63, 3.8) is 0 Å². The number of phenolic OH excluding ortho intramolecular Hbond substituents is 2. The van der Waals surface area contributed by atoms with Crippen molar-refractivity contribution in [2.45, 2.75) is 0 Å². The Kier molecular flexibility index (Phi) is 4.76. The Labute approximate surface area is 156 Å². The first kappa shape index (κ1) is 17.1. The second-order valence-corrected chi connectivity index (χ2v) is 6.26. The SMILES string of the molecule is Oc1ccc(Nc2cc(-c3cccc(O)c3)nc(N3CCOCC3)n2)cc1. The summed E-state index contributed by atoms with van der Waals surface area (Å²) in [6, 6.07) is 15.6. The Bertz CT molecular complexity index is 925. The standard InChI is InChI=1S/C20H20N4O3/c25-16-6-4-15(5-7-16)21-19-13-18(14-2-1-3-17(26)12-14)22-20(23-19)24-8-10-27-11-9-24/h1-7,12-13,25-26H,8-11H2,(H,21,22,23). The van der Waals surface area contributed by atoms with Gasteiger partial charge in [-0.2, -0.15) is 4.98 Å². The number of rotatable bonds is 4. The summed E-state index contributed by atoms with van der Waals surface area (Å²) < 4.78 is 5.42. The summed E-state index contributed by atoms with van der Waals surface area (Å²) in [7, 11) is 0. The van der Waals surface area contributed by atoms with Crippen LogP contribution in [-0.4, -0.2) is 46.5 Å². The molecule has 1 fully saturated rings. The van der Waals surface area contributed by atoms with Crippen molar-refractivity contribution in [3.05, 3.63) is 54.6 Å². The summed E-state index contributed by atoms with van der Waals surface area (Å²) >= 11 is 0. The molecular weight excluding hydrogens is 344 g/mol. The van der Waals surface area contributed by atoms with Crippen LogP contribution in [0.2, 0.25) is 0 Å². The molecule has 1 saturated heterocycles. The number of hydrogen-bond donors (Lipinski definition) is 3. The van der Waals surface area contributed by atoms with Gasteiger partial charge in [0, 0.05) is 30.4 Å². The quantitative estimate of drug-likeness (QED) is 0.613. The smallest absolute Gasteiger partial charge is 0.228 e. The fourth-order valence-electron chi connectivity index (χ4n) is 2.91. The van der Waals surface area contributed by atoms with Crippen LogP contribution in [0.4, 0.5) is 17.5 Å². The van der Waals surface area contributed by atoms with Gasteiger partial charge < -0.3 is 25.2 Å². The van der Waals surface area contributed by atoms with E-state index in [0.717, 1.165) is 24.3 Å². The fourth-order valence-corrected chi connectivity index (χ4v) is 2.91. The number of aromatic hydroxyl groups is 2. The van der Waals surface area contributed by atoms with Crippen molar-refractivity contribution in [3.8, 4) is 22.8 Å². The molecule has 4 rings (SSSR count). The monoisotopic (exact) mass is 364 g/mol. The first-order chi connectivity index (χ1) is 13.2.